The molecule has 0 aromatic heterocycles. The Labute approximate surface area is 134 Å². The highest BCUT2D eigenvalue weighted by atomic mass is 79.9. The number of hydrogen-bond acceptors (Lipinski definition) is 4. The Bertz CT molecular complexity index is 386. The summed E-state index contributed by atoms with van der Waals surface area (Å²) in [5.74, 6) is 0.189. The Morgan fingerprint density at radius 3 is 2.57 bits per heavy atom. The molecule has 0 rings (SSSR count). The molecule has 0 amide bonds. The molecule has 0 aliphatic rings. The summed E-state index contributed by atoms with van der Waals surface area (Å²) in [5.41, 5.74) is 3.04. The molecule has 0 aliphatic heterocycles. The fourth-order valence-electron chi connectivity index (χ4n) is 1.64. The Morgan fingerprint density at radius 2 is 2.10 bits per heavy atom. The molecule has 7 heteroatoms. The predicted octanol–water partition coefficient (Wildman–Crippen LogP) is 3.66. The van der Waals surface area contributed by atoms with Gasteiger partial charge >= 0.3 is 0 Å². The maximum atomic E-state index is 13.6. The van der Waals surface area contributed by atoms with Gasteiger partial charge in [0.25, 0.3) is 5.70 Å². The molecule has 21 heavy (non-hydrogen) atoms. The highest BCUT2D eigenvalue weighted by Crippen LogP contribution is 2.15. The minimum atomic E-state index is -0.495. The molecule has 0 fully saturated rings. The lowest BCUT2D eigenvalue weighted by Gasteiger charge is -2.20. The fourth-order valence-corrected chi connectivity index (χ4v) is 2.00. The average Bonchev–Trinajstić information content (AvgIpc) is 2.37. The number of hydrogen-bond donors (Lipinski definition) is 1. The van der Waals surface area contributed by atoms with Gasteiger partial charge in [-0.1, -0.05) is 36.2 Å². The predicted molar refractivity (Wildman–Crippen MR) is 87.4 cm³/mol. The van der Waals surface area contributed by atoms with Crippen molar-refractivity contribution in [3.8, 4) is 0 Å². The van der Waals surface area contributed by atoms with Crippen molar-refractivity contribution in [2.24, 2.45) is 5.92 Å². The van der Waals surface area contributed by atoms with Gasteiger partial charge in [-0.15, -0.1) is 0 Å². The van der Waals surface area contributed by atoms with Crippen molar-refractivity contribution < 1.29 is 9.31 Å². The Morgan fingerprint density at radius 1 is 1.48 bits per heavy atom. The summed E-state index contributed by atoms with van der Waals surface area (Å²) >= 11 is 3.12. The Kier molecular flexibility index (Phi) is 10.5. The van der Waals surface area contributed by atoms with Gasteiger partial charge in [-0.3, -0.25) is 15.5 Å². The molecular weight excluding hydrogens is 341 g/mol. The molecule has 122 valence electrons. The van der Waals surface area contributed by atoms with Crippen LogP contribution in [0, 0.1) is 16.0 Å². The third-order valence-electron chi connectivity index (χ3n) is 3.09. The minimum Gasteiger partial charge on any atom is -0.259 e. The van der Waals surface area contributed by atoms with Crippen LogP contribution in [0.15, 0.2) is 23.7 Å². The van der Waals surface area contributed by atoms with Crippen molar-refractivity contribution in [2.45, 2.75) is 38.4 Å². The van der Waals surface area contributed by atoms with Crippen LogP contribution in [0.3, 0.4) is 0 Å². The molecule has 0 heterocycles. The molecule has 0 spiro atoms. The summed E-state index contributed by atoms with van der Waals surface area (Å²) in [6.45, 7) is 7.17. The van der Waals surface area contributed by atoms with Crippen molar-refractivity contribution in [3.05, 3.63) is 33.8 Å². The monoisotopic (exact) mass is 365 g/mol. The smallest absolute Gasteiger partial charge is 0.255 e. The molecule has 0 aliphatic carbocycles. The first kappa shape index (κ1) is 20.2. The van der Waals surface area contributed by atoms with E-state index in [-0.39, 0.29) is 17.9 Å². The van der Waals surface area contributed by atoms with E-state index in [4.69, 9.17) is 0 Å². The Hall–Kier alpha value is -0.790. The van der Waals surface area contributed by atoms with Crippen LogP contribution in [0.1, 0.15) is 33.6 Å². The second kappa shape index (κ2) is 10.9. The van der Waals surface area contributed by atoms with Gasteiger partial charge in [-0.25, -0.2) is 9.40 Å². The molecule has 1 N–H and O–H groups in total. The third kappa shape index (κ3) is 9.71. The molecule has 2 unspecified atom stereocenters. The van der Waals surface area contributed by atoms with Crippen LogP contribution in [0.25, 0.3) is 0 Å². The second-order valence-electron chi connectivity index (χ2n) is 5.11. The summed E-state index contributed by atoms with van der Waals surface area (Å²) in [6, 6.07) is 0. The average molecular weight is 366 g/mol. The topological polar surface area (TPSA) is 58.4 Å². The lowest BCUT2D eigenvalue weighted by atomic mass is 10.1. The first-order valence-corrected chi connectivity index (χ1v) is 7.97. The van der Waals surface area contributed by atoms with Crippen molar-refractivity contribution in [1.82, 2.24) is 10.4 Å². The van der Waals surface area contributed by atoms with Gasteiger partial charge in [0, 0.05) is 26.6 Å². The molecule has 0 bridgehead atoms. The van der Waals surface area contributed by atoms with Crippen LogP contribution < -0.4 is 5.43 Å². The zero-order chi connectivity index (χ0) is 16.4. The largest absolute Gasteiger partial charge is 0.259 e. The highest BCUT2D eigenvalue weighted by molar-refractivity contribution is 9.09. The number of hydrazine groups is 1. The van der Waals surface area contributed by atoms with Crippen LogP contribution in [-0.4, -0.2) is 34.9 Å². The molecule has 0 saturated carbocycles. The number of nitro groups is 1. The highest BCUT2D eigenvalue weighted by Gasteiger charge is 2.16. The van der Waals surface area contributed by atoms with E-state index >= 15 is 0 Å². The van der Waals surface area contributed by atoms with E-state index in [1.54, 1.807) is 6.92 Å². The van der Waals surface area contributed by atoms with E-state index in [1.165, 1.54) is 12.2 Å². The number of nitrogens with zero attached hydrogens (tertiary/aromatic N) is 2. The van der Waals surface area contributed by atoms with Gasteiger partial charge in [0.1, 0.15) is 10.7 Å². The van der Waals surface area contributed by atoms with Gasteiger partial charge < -0.3 is 0 Å². The van der Waals surface area contributed by atoms with Crippen LogP contribution >= 0.6 is 15.9 Å². The van der Waals surface area contributed by atoms with E-state index in [2.05, 4.69) is 35.2 Å². The summed E-state index contributed by atoms with van der Waals surface area (Å²) in [4.78, 5) is 9.84. The molecule has 2 atom stereocenters. The van der Waals surface area contributed by atoms with E-state index in [9.17, 15) is 14.5 Å². The summed E-state index contributed by atoms with van der Waals surface area (Å²) in [5, 5.41) is 12.7. The lowest BCUT2D eigenvalue weighted by molar-refractivity contribution is -0.426. The lowest BCUT2D eigenvalue weighted by Crippen LogP contribution is -2.37. The number of rotatable bonds is 10. The quantitative estimate of drug-likeness (QED) is 0.364. The third-order valence-corrected chi connectivity index (χ3v) is 3.56. The standard InChI is InChI=1S/C14H25BrFN3O2/c1-5-11(2)10-18(4)17-9-8-13(16)6-7-14(12(3)15)19(20)21/h7-8,11-12,17H,5-6,9-10H2,1-4H3/b13-8-,14-7+. The van der Waals surface area contributed by atoms with Crippen LogP contribution in [-0.2, 0) is 0 Å². The molecule has 0 aromatic carbocycles. The van der Waals surface area contributed by atoms with Crippen LogP contribution in [0.4, 0.5) is 4.39 Å². The summed E-state index contributed by atoms with van der Waals surface area (Å²) in [6.07, 6.45) is 3.73. The minimum absolute atomic E-state index is 0.0274. The summed E-state index contributed by atoms with van der Waals surface area (Å²) in [7, 11) is 1.91. The number of halogens is 2. The van der Waals surface area contributed by atoms with Crippen molar-refractivity contribution in [1.29, 1.82) is 0 Å². The zero-order valence-corrected chi connectivity index (χ0v) is 14.7. The van der Waals surface area contributed by atoms with E-state index in [0.717, 1.165) is 13.0 Å². The van der Waals surface area contributed by atoms with E-state index in [0.29, 0.717) is 12.5 Å². The van der Waals surface area contributed by atoms with Crippen molar-refractivity contribution in [3.63, 3.8) is 0 Å². The summed E-state index contributed by atoms with van der Waals surface area (Å²) < 4.78 is 13.6. The number of nitrogens with one attached hydrogen (secondary N) is 1. The zero-order valence-electron chi connectivity index (χ0n) is 13.1. The molecule has 0 aromatic rings. The molecular formula is C14H25BrFN3O2. The normalized spacial score (nSPS) is 16.1. The Balaban J connectivity index is 4.25. The van der Waals surface area contributed by atoms with Gasteiger partial charge in [0.05, 0.1) is 4.92 Å². The SMILES string of the molecule is CCC(C)CN(C)NC/C=C(\F)C/C=C(\C(C)Br)[N+](=O)[O-]. The first-order chi connectivity index (χ1) is 9.77. The second-order valence-corrected chi connectivity index (χ2v) is 6.49. The van der Waals surface area contributed by atoms with Crippen LogP contribution in [0.5, 0.6) is 0 Å². The van der Waals surface area contributed by atoms with E-state index < -0.39 is 9.75 Å². The fraction of sp³-hybridized carbons (Fsp3) is 0.714. The van der Waals surface area contributed by atoms with Gasteiger partial charge in [-0.2, -0.15) is 0 Å². The van der Waals surface area contributed by atoms with Crippen molar-refractivity contribution in [2.75, 3.05) is 20.1 Å². The maximum Gasteiger partial charge on any atom is 0.255 e. The molecule has 0 saturated heterocycles. The number of alkyl halides is 1. The van der Waals surface area contributed by atoms with Gasteiger partial charge in [0.2, 0.25) is 0 Å². The molecule has 0 radical (unpaired) electrons. The van der Waals surface area contributed by atoms with Gasteiger partial charge in [0.15, 0.2) is 0 Å². The van der Waals surface area contributed by atoms with Gasteiger partial charge in [-0.05, 0) is 25.0 Å². The van der Waals surface area contributed by atoms with Crippen LogP contribution in [0.2, 0.25) is 0 Å². The van der Waals surface area contributed by atoms with Crippen molar-refractivity contribution >= 4 is 15.9 Å². The molecule has 5 nitrogen and oxygen atoms in total. The maximum absolute atomic E-state index is 13.6. The number of allylic oxidation sites excluding steroid dienone is 3. The van der Waals surface area contributed by atoms with E-state index in [1.807, 2.05) is 12.1 Å². The first-order valence-electron chi connectivity index (χ1n) is 7.05.